The summed E-state index contributed by atoms with van der Waals surface area (Å²) in [7, 11) is 0. The van der Waals surface area contributed by atoms with Gasteiger partial charge in [-0.05, 0) is 35.6 Å². The number of hydrogen-bond acceptors (Lipinski definition) is 5. The summed E-state index contributed by atoms with van der Waals surface area (Å²) in [5.41, 5.74) is 10.6. The predicted molar refractivity (Wildman–Crippen MR) is 152 cm³/mol. The summed E-state index contributed by atoms with van der Waals surface area (Å²) in [4.78, 5) is 20.6. The number of rotatable bonds is 7. The van der Waals surface area contributed by atoms with Crippen molar-refractivity contribution < 1.29 is 4.79 Å². The highest BCUT2D eigenvalue weighted by Gasteiger charge is 2.39. The van der Waals surface area contributed by atoms with E-state index in [1.165, 1.54) is 11.1 Å². The molecule has 3 N–H and O–H groups in total. The molecule has 2 fully saturated rings. The second kappa shape index (κ2) is 11.8. The van der Waals surface area contributed by atoms with Gasteiger partial charge in [-0.3, -0.25) is 9.69 Å². The summed E-state index contributed by atoms with van der Waals surface area (Å²) in [6, 6.07) is 18.7. The Morgan fingerprint density at radius 2 is 1.76 bits per heavy atom. The number of hydrogen-bond donors (Lipinski definition) is 2. The van der Waals surface area contributed by atoms with Crippen LogP contribution in [0.3, 0.4) is 0 Å². The standard InChI is InChI=1S/C31H39N5O/c1-24-8-7-11-25(15-14-24)21-33-27-20-30(36(23-27)22-26-9-3-2-4-10-26)31(37)35-18-16-34(17-19-35)29-13-6-5-12-28(29)32/h2-15,24,27,30,33H,16-23,32H2,1H3/t24?,27-,30-/m0/s1. The van der Waals surface area contributed by atoms with Crippen LogP contribution >= 0.6 is 0 Å². The van der Waals surface area contributed by atoms with E-state index in [9.17, 15) is 4.79 Å². The fourth-order valence-electron chi connectivity index (χ4n) is 5.58. The van der Waals surface area contributed by atoms with E-state index in [0.29, 0.717) is 5.92 Å². The Hall–Kier alpha value is -3.35. The van der Waals surface area contributed by atoms with Gasteiger partial charge in [-0.15, -0.1) is 0 Å². The van der Waals surface area contributed by atoms with Crippen LogP contribution in [0.4, 0.5) is 11.4 Å². The molecular formula is C31H39N5O. The van der Waals surface area contributed by atoms with Crippen LogP contribution in [0.1, 0.15) is 18.9 Å². The van der Waals surface area contributed by atoms with Crippen molar-refractivity contribution in [2.45, 2.75) is 32.0 Å². The highest BCUT2D eigenvalue weighted by atomic mass is 16.2. The number of piperazine rings is 1. The molecule has 0 saturated carbocycles. The Labute approximate surface area is 221 Å². The van der Waals surface area contributed by atoms with Gasteiger partial charge in [-0.25, -0.2) is 0 Å². The number of amides is 1. The summed E-state index contributed by atoms with van der Waals surface area (Å²) in [6.07, 6.45) is 11.8. The zero-order valence-electron chi connectivity index (χ0n) is 21.8. The molecular weight excluding hydrogens is 458 g/mol. The van der Waals surface area contributed by atoms with E-state index in [-0.39, 0.29) is 18.0 Å². The quantitative estimate of drug-likeness (QED) is 0.569. The van der Waals surface area contributed by atoms with Crippen molar-refractivity contribution >= 4 is 17.3 Å². The first-order valence-electron chi connectivity index (χ1n) is 13.5. The molecule has 0 radical (unpaired) electrons. The van der Waals surface area contributed by atoms with E-state index < -0.39 is 0 Å². The number of nitrogens with two attached hydrogens (primary N) is 1. The molecule has 1 amide bonds. The number of nitrogens with one attached hydrogen (secondary N) is 1. The monoisotopic (exact) mass is 497 g/mol. The number of carbonyl (C=O) groups is 1. The third-order valence-corrected chi connectivity index (χ3v) is 7.72. The number of para-hydroxylation sites is 2. The van der Waals surface area contributed by atoms with Gasteiger partial charge in [-0.2, -0.15) is 0 Å². The first-order valence-corrected chi connectivity index (χ1v) is 13.5. The van der Waals surface area contributed by atoms with Crippen molar-refractivity contribution in [1.29, 1.82) is 0 Å². The third kappa shape index (κ3) is 6.32. The van der Waals surface area contributed by atoms with Crippen molar-refractivity contribution in [3.8, 4) is 0 Å². The van der Waals surface area contributed by atoms with E-state index in [1.807, 2.05) is 24.3 Å². The van der Waals surface area contributed by atoms with Crippen molar-refractivity contribution in [2.75, 3.05) is 49.9 Å². The molecule has 3 atom stereocenters. The lowest BCUT2D eigenvalue weighted by atomic mass is 10.1. The molecule has 0 aromatic heterocycles. The zero-order chi connectivity index (χ0) is 25.6. The molecule has 2 aromatic rings. The van der Waals surface area contributed by atoms with Crippen LogP contribution in [0, 0.1) is 5.92 Å². The maximum Gasteiger partial charge on any atom is 0.240 e. The van der Waals surface area contributed by atoms with E-state index in [0.717, 1.165) is 63.6 Å². The van der Waals surface area contributed by atoms with Gasteiger partial charge in [0.2, 0.25) is 5.91 Å². The summed E-state index contributed by atoms with van der Waals surface area (Å²) in [6.45, 7) is 7.73. The van der Waals surface area contributed by atoms with Crippen LogP contribution < -0.4 is 16.0 Å². The first kappa shape index (κ1) is 25.3. The van der Waals surface area contributed by atoms with Gasteiger partial charge >= 0.3 is 0 Å². The molecule has 1 aliphatic carbocycles. The fraction of sp³-hybridized carbons (Fsp3) is 0.387. The number of likely N-dealkylation sites (tertiary alicyclic amines) is 1. The second-order valence-corrected chi connectivity index (χ2v) is 10.5. The Bertz CT molecular complexity index is 1150. The summed E-state index contributed by atoms with van der Waals surface area (Å²) >= 11 is 0. The average Bonchev–Trinajstić information content (AvgIpc) is 3.20. The molecule has 6 heteroatoms. The first-order chi connectivity index (χ1) is 18.1. The Balaban J connectivity index is 1.23. The summed E-state index contributed by atoms with van der Waals surface area (Å²) < 4.78 is 0. The van der Waals surface area contributed by atoms with Gasteiger partial charge in [0.1, 0.15) is 0 Å². The van der Waals surface area contributed by atoms with Crippen LogP contribution in [0.15, 0.2) is 90.6 Å². The largest absolute Gasteiger partial charge is 0.397 e. The van der Waals surface area contributed by atoms with Crippen LogP contribution in [0.25, 0.3) is 0 Å². The maximum absolute atomic E-state index is 13.8. The Morgan fingerprint density at radius 3 is 2.54 bits per heavy atom. The number of nitrogens with zero attached hydrogens (tertiary/aromatic N) is 3. The number of anilines is 2. The highest BCUT2D eigenvalue weighted by Crippen LogP contribution is 2.26. The van der Waals surface area contributed by atoms with Gasteiger partial charge in [0.25, 0.3) is 0 Å². The summed E-state index contributed by atoms with van der Waals surface area (Å²) in [5, 5.41) is 3.74. The van der Waals surface area contributed by atoms with E-state index in [2.05, 4.69) is 87.7 Å². The smallest absolute Gasteiger partial charge is 0.240 e. The minimum absolute atomic E-state index is 0.107. The van der Waals surface area contributed by atoms with Crippen molar-refractivity contribution in [3.05, 3.63) is 96.1 Å². The Morgan fingerprint density at radius 1 is 1.00 bits per heavy atom. The molecule has 6 nitrogen and oxygen atoms in total. The normalized spacial score (nSPS) is 24.2. The molecule has 194 valence electrons. The van der Waals surface area contributed by atoms with Crippen LogP contribution in [-0.2, 0) is 11.3 Å². The average molecular weight is 498 g/mol. The highest BCUT2D eigenvalue weighted by molar-refractivity contribution is 5.83. The van der Waals surface area contributed by atoms with Gasteiger partial charge in [0.15, 0.2) is 0 Å². The van der Waals surface area contributed by atoms with Crippen LogP contribution in [0.5, 0.6) is 0 Å². The molecule has 2 aliphatic heterocycles. The number of benzene rings is 2. The molecule has 1 unspecified atom stereocenters. The molecule has 0 bridgehead atoms. The molecule has 37 heavy (non-hydrogen) atoms. The van der Waals surface area contributed by atoms with Gasteiger partial charge in [0.05, 0.1) is 17.4 Å². The molecule has 2 aromatic carbocycles. The lowest BCUT2D eigenvalue weighted by Crippen LogP contribution is -2.53. The molecule has 3 aliphatic rings. The molecule has 2 heterocycles. The van der Waals surface area contributed by atoms with E-state index >= 15 is 0 Å². The number of allylic oxidation sites excluding steroid dienone is 4. The second-order valence-electron chi connectivity index (χ2n) is 10.5. The maximum atomic E-state index is 13.8. The predicted octanol–water partition coefficient (Wildman–Crippen LogP) is 3.84. The van der Waals surface area contributed by atoms with Crippen molar-refractivity contribution in [2.24, 2.45) is 5.92 Å². The molecule has 2 saturated heterocycles. The van der Waals surface area contributed by atoms with Crippen molar-refractivity contribution in [1.82, 2.24) is 15.1 Å². The zero-order valence-corrected chi connectivity index (χ0v) is 21.8. The SMILES string of the molecule is CC1C=CC=C(CN[C@H]2C[C@@H](C(=O)N3CCN(c4ccccc4N)CC3)N(Cc3ccccc3)C2)C=C1. The lowest BCUT2D eigenvalue weighted by Gasteiger charge is -2.38. The van der Waals surface area contributed by atoms with Gasteiger partial charge in [-0.1, -0.05) is 79.8 Å². The van der Waals surface area contributed by atoms with Crippen LogP contribution in [0.2, 0.25) is 0 Å². The Kier molecular flexibility index (Phi) is 8.07. The minimum atomic E-state index is -0.107. The molecule has 5 rings (SSSR count). The third-order valence-electron chi connectivity index (χ3n) is 7.72. The van der Waals surface area contributed by atoms with E-state index in [4.69, 9.17) is 5.73 Å². The fourth-order valence-corrected chi connectivity index (χ4v) is 5.58. The van der Waals surface area contributed by atoms with E-state index in [1.54, 1.807) is 0 Å². The summed E-state index contributed by atoms with van der Waals surface area (Å²) in [5.74, 6) is 0.716. The number of carbonyl (C=O) groups excluding carboxylic acids is 1. The van der Waals surface area contributed by atoms with Crippen molar-refractivity contribution in [3.63, 3.8) is 0 Å². The molecule has 0 spiro atoms. The lowest BCUT2D eigenvalue weighted by molar-refractivity contribution is -0.136. The number of nitrogen functional groups attached to an aromatic ring is 1. The topological polar surface area (TPSA) is 64.8 Å². The van der Waals surface area contributed by atoms with Crippen LogP contribution in [-0.4, -0.2) is 67.1 Å². The van der Waals surface area contributed by atoms with Gasteiger partial charge < -0.3 is 20.9 Å². The minimum Gasteiger partial charge on any atom is -0.397 e. The van der Waals surface area contributed by atoms with Gasteiger partial charge in [0, 0.05) is 51.9 Å².